The van der Waals surface area contributed by atoms with E-state index in [2.05, 4.69) is 27.8 Å². The Hall–Kier alpha value is -4.77. The lowest BCUT2D eigenvalue weighted by Gasteiger charge is -2.09. The highest BCUT2D eigenvalue weighted by molar-refractivity contribution is 5.97. The molecule has 0 aromatic heterocycles. The molecular formula is C26H23N3O5. The molecular weight excluding hydrogens is 434 g/mol. The van der Waals surface area contributed by atoms with Crippen molar-refractivity contribution in [1.82, 2.24) is 5.32 Å². The van der Waals surface area contributed by atoms with E-state index >= 15 is 0 Å². The summed E-state index contributed by atoms with van der Waals surface area (Å²) < 4.78 is 9.79. The predicted octanol–water partition coefficient (Wildman–Crippen LogP) is 3.64. The number of benzene rings is 3. The van der Waals surface area contributed by atoms with Crippen LogP contribution in [0.1, 0.15) is 21.5 Å². The normalized spacial score (nSPS) is 9.71. The van der Waals surface area contributed by atoms with Gasteiger partial charge in [0.25, 0.3) is 0 Å². The van der Waals surface area contributed by atoms with E-state index in [1.165, 1.54) is 7.11 Å². The average Bonchev–Trinajstić information content (AvgIpc) is 2.86. The molecule has 0 saturated carbocycles. The number of anilines is 2. The van der Waals surface area contributed by atoms with Gasteiger partial charge >= 0.3 is 12.0 Å². The highest BCUT2D eigenvalue weighted by Gasteiger charge is 2.07. The zero-order valence-electron chi connectivity index (χ0n) is 18.7. The van der Waals surface area contributed by atoms with Crippen molar-refractivity contribution in [2.45, 2.75) is 0 Å². The summed E-state index contributed by atoms with van der Waals surface area (Å²) in [4.78, 5) is 35.9. The van der Waals surface area contributed by atoms with E-state index in [0.29, 0.717) is 33.8 Å². The SMILES string of the molecule is COC(=O)c1cccc(C#Cc2cccc(NC(=O)NCC(=O)Nc3ccc(OC)cc3)c2)c1. The molecule has 0 atom stereocenters. The number of esters is 1. The topological polar surface area (TPSA) is 106 Å². The summed E-state index contributed by atoms with van der Waals surface area (Å²) >= 11 is 0. The first-order chi connectivity index (χ1) is 16.5. The zero-order chi connectivity index (χ0) is 24.3. The first-order valence-corrected chi connectivity index (χ1v) is 10.3. The molecule has 0 unspecified atom stereocenters. The Morgan fingerprint density at radius 3 is 2.15 bits per heavy atom. The molecule has 3 aromatic rings. The van der Waals surface area contributed by atoms with Crippen LogP contribution < -0.4 is 20.7 Å². The minimum absolute atomic E-state index is 0.201. The number of rotatable bonds is 6. The van der Waals surface area contributed by atoms with E-state index in [4.69, 9.17) is 9.47 Å². The summed E-state index contributed by atoms with van der Waals surface area (Å²) in [6, 6.07) is 20.1. The maximum atomic E-state index is 12.2. The molecule has 3 amide bonds. The lowest BCUT2D eigenvalue weighted by Crippen LogP contribution is -2.35. The maximum Gasteiger partial charge on any atom is 0.337 e. The molecule has 0 aliphatic heterocycles. The smallest absolute Gasteiger partial charge is 0.337 e. The number of ether oxygens (including phenoxy) is 2. The first-order valence-electron chi connectivity index (χ1n) is 10.3. The molecule has 8 heteroatoms. The van der Waals surface area contributed by atoms with Crippen LogP contribution in [0.3, 0.4) is 0 Å². The molecule has 0 spiro atoms. The number of urea groups is 1. The van der Waals surface area contributed by atoms with E-state index in [-0.39, 0.29) is 12.5 Å². The van der Waals surface area contributed by atoms with Gasteiger partial charge < -0.3 is 25.4 Å². The van der Waals surface area contributed by atoms with Gasteiger partial charge in [0.2, 0.25) is 5.91 Å². The Balaban J connectivity index is 1.54. The van der Waals surface area contributed by atoms with Crippen molar-refractivity contribution in [2.24, 2.45) is 0 Å². The first kappa shape index (κ1) is 23.9. The molecule has 0 aliphatic carbocycles. The molecule has 0 saturated heterocycles. The molecule has 0 bridgehead atoms. The van der Waals surface area contributed by atoms with Crippen LogP contribution >= 0.6 is 0 Å². The second-order valence-electron chi connectivity index (χ2n) is 6.99. The van der Waals surface area contributed by atoms with Crippen LogP contribution in [-0.2, 0) is 9.53 Å². The van der Waals surface area contributed by atoms with Gasteiger partial charge in [0.1, 0.15) is 5.75 Å². The molecule has 0 heterocycles. The predicted molar refractivity (Wildman–Crippen MR) is 129 cm³/mol. The molecule has 172 valence electrons. The molecule has 3 rings (SSSR count). The highest BCUT2D eigenvalue weighted by atomic mass is 16.5. The Kier molecular flexibility index (Phi) is 8.25. The molecule has 3 N–H and O–H groups in total. The van der Waals surface area contributed by atoms with Crippen LogP contribution in [0.5, 0.6) is 5.75 Å². The second kappa shape index (κ2) is 11.7. The van der Waals surface area contributed by atoms with Gasteiger partial charge in [-0.3, -0.25) is 4.79 Å². The third-order valence-electron chi connectivity index (χ3n) is 4.54. The number of carbonyl (C=O) groups excluding carboxylic acids is 3. The third kappa shape index (κ3) is 7.14. The third-order valence-corrected chi connectivity index (χ3v) is 4.54. The largest absolute Gasteiger partial charge is 0.497 e. The van der Waals surface area contributed by atoms with Gasteiger partial charge in [-0.15, -0.1) is 0 Å². The number of amides is 3. The summed E-state index contributed by atoms with van der Waals surface area (Å²) in [6.07, 6.45) is 0. The van der Waals surface area contributed by atoms with Gasteiger partial charge in [-0.05, 0) is 60.7 Å². The zero-order valence-corrected chi connectivity index (χ0v) is 18.7. The quantitative estimate of drug-likeness (QED) is 0.387. The van der Waals surface area contributed by atoms with Crippen LogP contribution in [0.25, 0.3) is 0 Å². The molecule has 0 aliphatic rings. The number of methoxy groups -OCH3 is 2. The van der Waals surface area contributed by atoms with Crippen LogP contribution in [-0.4, -0.2) is 38.7 Å². The molecule has 0 radical (unpaired) electrons. The second-order valence-corrected chi connectivity index (χ2v) is 6.99. The number of carbonyl (C=O) groups is 3. The summed E-state index contributed by atoms with van der Waals surface area (Å²) in [5.74, 6) is 5.86. The van der Waals surface area contributed by atoms with Gasteiger partial charge in [0.15, 0.2) is 0 Å². The van der Waals surface area contributed by atoms with Crippen molar-refractivity contribution < 1.29 is 23.9 Å². The molecule has 8 nitrogen and oxygen atoms in total. The van der Waals surface area contributed by atoms with Crippen LogP contribution in [0.15, 0.2) is 72.8 Å². The van der Waals surface area contributed by atoms with E-state index < -0.39 is 12.0 Å². The van der Waals surface area contributed by atoms with Crippen LogP contribution in [0.2, 0.25) is 0 Å². The van der Waals surface area contributed by atoms with Crippen molar-refractivity contribution in [3.63, 3.8) is 0 Å². The fourth-order valence-corrected chi connectivity index (χ4v) is 2.88. The van der Waals surface area contributed by atoms with Gasteiger partial charge in [0, 0.05) is 22.5 Å². The Morgan fingerprint density at radius 1 is 0.794 bits per heavy atom. The minimum atomic E-state index is -0.527. The van der Waals surface area contributed by atoms with Gasteiger partial charge in [-0.1, -0.05) is 24.0 Å². The fraction of sp³-hybridized carbons (Fsp3) is 0.115. The van der Waals surface area contributed by atoms with Crippen LogP contribution in [0, 0.1) is 11.8 Å². The summed E-state index contributed by atoms with van der Waals surface area (Å²) in [5.41, 5.74) is 2.84. The van der Waals surface area contributed by atoms with E-state index in [1.54, 1.807) is 79.9 Å². The van der Waals surface area contributed by atoms with Gasteiger partial charge in [-0.25, -0.2) is 9.59 Å². The Bertz CT molecular complexity index is 1240. The average molecular weight is 457 g/mol. The van der Waals surface area contributed by atoms with E-state index in [1.807, 2.05) is 0 Å². The summed E-state index contributed by atoms with van der Waals surface area (Å²) in [5, 5.41) is 7.86. The number of hydrogen-bond donors (Lipinski definition) is 3. The minimum Gasteiger partial charge on any atom is -0.497 e. The van der Waals surface area contributed by atoms with E-state index in [0.717, 1.165) is 0 Å². The Morgan fingerprint density at radius 2 is 1.47 bits per heavy atom. The lowest BCUT2D eigenvalue weighted by atomic mass is 10.1. The fourth-order valence-electron chi connectivity index (χ4n) is 2.88. The van der Waals surface area contributed by atoms with Gasteiger partial charge in [0.05, 0.1) is 26.3 Å². The molecule has 3 aromatic carbocycles. The van der Waals surface area contributed by atoms with Crippen molar-refractivity contribution in [3.05, 3.63) is 89.5 Å². The monoisotopic (exact) mass is 457 g/mol. The standard InChI is InChI=1S/C26H23N3O5/c1-33-23-13-11-21(12-14-23)28-24(30)17-27-26(32)29-22-8-4-6-19(16-22)10-9-18-5-3-7-20(15-18)25(31)34-2/h3-8,11-16H,17H2,1-2H3,(H,28,30)(H2,27,29,32). The van der Waals surface area contributed by atoms with Crippen LogP contribution in [0.4, 0.5) is 16.2 Å². The number of nitrogens with one attached hydrogen (secondary N) is 3. The van der Waals surface area contributed by atoms with E-state index in [9.17, 15) is 14.4 Å². The van der Waals surface area contributed by atoms with Crippen molar-refractivity contribution >= 4 is 29.3 Å². The van der Waals surface area contributed by atoms with Crippen molar-refractivity contribution in [2.75, 3.05) is 31.4 Å². The number of hydrogen-bond acceptors (Lipinski definition) is 5. The lowest BCUT2D eigenvalue weighted by molar-refractivity contribution is -0.115. The highest BCUT2D eigenvalue weighted by Crippen LogP contribution is 2.15. The summed E-state index contributed by atoms with van der Waals surface area (Å²) in [7, 11) is 2.88. The maximum absolute atomic E-state index is 12.2. The summed E-state index contributed by atoms with van der Waals surface area (Å²) in [6.45, 7) is -0.201. The molecule has 34 heavy (non-hydrogen) atoms. The van der Waals surface area contributed by atoms with Gasteiger partial charge in [-0.2, -0.15) is 0 Å². The Labute approximate surface area is 197 Å². The van der Waals surface area contributed by atoms with Crippen molar-refractivity contribution in [3.8, 4) is 17.6 Å². The van der Waals surface area contributed by atoms with Crippen molar-refractivity contribution in [1.29, 1.82) is 0 Å². The molecule has 0 fully saturated rings.